The quantitative estimate of drug-likeness (QED) is 0.913. The van der Waals surface area contributed by atoms with Crippen LogP contribution >= 0.6 is 0 Å². The van der Waals surface area contributed by atoms with Crippen LogP contribution in [-0.4, -0.2) is 22.5 Å². The predicted octanol–water partition coefficient (Wildman–Crippen LogP) is 2.17. The molecule has 2 N–H and O–H groups in total. The predicted molar refractivity (Wildman–Crippen MR) is 79.8 cm³/mol. The zero-order chi connectivity index (χ0) is 15.6. The number of carbonyl (C=O) groups is 1. The Morgan fingerprint density at radius 1 is 1.36 bits per heavy atom. The Bertz CT molecular complexity index is 705. The van der Waals surface area contributed by atoms with E-state index in [1.165, 1.54) is 6.20 Å². The highest BCUT2D eigenvalue weighted by molar-refractivity contribution is 5.93. The average molecular weight is 300 g/mol. The maximum absolute atomic E-state index is 13.1. The normalized spacial score (nSPS) is 20.3. The van der Waals surface area contributed by atoms with Gasteiger partial charge in [-0.15, -0.1) is 0 Å². The number of nitrogens with zero attached hydrogens (tertiary/aromatic N) is 1. The van der Waals surface area contributed by atoms with Crippen molar-refractivity contribution in [3.05, 3.63) is 65.2 Å². The van der Waals surface area contributed by atoms with Gasteiger partial charge in [-0.25, -0.2) is 4.39 Å². The molecule has 1 atom stereocenters. The van der Waals surface area contributed by atoms with E-state index in [-0.39, 0.29) is 12.1 Å². The van der Waals surface area contributed by atoms with Gasteiger partial charge >= 0.3 is 0 Å². The van der Waals surface area contributed by atoms with Crippen LogP contribution < -0.4 is 5.32 Å². The van der Waals surface area contributed by atoms with E-state index in [1.807, 2.05) is 24.3 Å². The van der Waals surface area contributed by atoms with E-state index in [0.717, 1.165) is 36.2 Å². The molecule has 0 saturated carbocycles. The number of nitrogens with one attached hydrogen (secondary N) is 1. The number of amides is 1. The number of aryl methyl sites for hydroxylation is 1. The number of carbonyl (C=O) groups excluding carboxylic acids is 1. The van der Waals surface area contributed by atoms with Crippen LogP contribution in [0.15, 0.2) is 42.7 Å². The van der Waals surface area contributed by atoms with Gasteiger partial charge in [-0.2, -0.15) is 0 Å². The van der Waals surface area contributed by atoms with E-state index in [9.17, 15) is 14.3 Å². The number of benzene rings is 1. The summed E-state index contributed by atoms with van der Waals surface area (Å²) < 4.78 is 13.1. The summed E-state index contributed by atoms with van der Waals surface area (Å²) in [6, 6.07) is 8.85. The first-order valence-corrected chi connectivity index (χ1v) is 7.28. The molecule has 2 aromatic rings. The lowest BCUT2D eigenvalue weighted by Gasteiger charge is -2.34. The van der Waals surface area contributed by atoms with E-state index < -0.39 is 17.3 Å². The highest BCUT2D eigenvalue weighted by Crippen LogP contribution is 2.34. The zero-order valence-corrected chi connectivity index (χ0v) is 12.1. The number of aliphatic hydroxyl groups is 1. The van der Waals surface area contributed by atoms with Crippen LogP contribution in [0.2, 0.25) is 0 Å². The molecule has 22 heavy (non-hydrogen) atoms. The van der Waals surface area contributed by atoms with Crippen LogP contribution in [0.3, 0.4) is 0 Å². The first kappa shape index (κ1) is 14.7. The highest BCUT2D eigenvalue weighted by atomic mass is 19.1. The molecule has 114 valence electrons. The maximum atomic E-state index is 13.1. The van der Waals surface area contributed by atoms with E-state index in [1.54, 1.807) is 0 Å². The second-order valence-electron chi connectivity index (χ2n) is 5.62. The molecule has 0 aliphatic heterocycles. The van der Waals surface area contributed by atoms with Crippen LogP contribution in [0.5, 0.6) is 0 Å². The fraction of sp³-hybridized carbons (Fsp3) is 0.294. The molecule has 0 fully saturated rings. The van der Waals surface area contributed by atoms with Gasteiger partial charge in [-0.3, -0.25) is 9.78 Å². The lowest BCUT2D eigenvalue weighted by atomic mass is 9.79. The number of fused-ring (bicyclic) bond motifs is 1. The summed E-state index contributed by atoms with van der Waals surface area (Å²) in [7, 11) is 0. The van der Waals surface area contributed by atoms with Gasteiger partial charge in [0.05, 0.1) is 18.3 Å². The molecule has 1 aromatic heterocycles. The smallest absolute Gasteiger partial charge is 0.253 e. The highest BCUT2D eigenvalue weighted by Gasteiger charge is 2.34. The summed E-state index contributed by atoms with van der Waals surface area (Å²) >= 11 is 0. The summed E-state index contributed by atoms with van der Waals surface area (Å²) in [5, 5.41) is 13.6. The van der Waals surface area contributed by atoms with E-state index in [4.69, 9.17) is 0 Å². The molecule has 1 aliphatic carbocycles. The summed E-state index contributed by atoms with van der Waals surface area (Å²) in [6.45, 7) is 0.0966. The monoisotopic (exact) mass is 300 g/mol. The van der Waals surface area contributed by atoms with Crippen molar-refractivity contribution in [2.75, 3.05) is 6.54 Å². The SMILES string of the molecule is O=C(NCC1(O)CCCc2ccccc21)c1cncc(F)c1. The number of aromatic nitrogens is 1. The van der Waals surface area contributed by atoms with Crippen LogP contribution in [0.4, 0.5) is 4.39 Å². The molecule has 4 nitrogen and oxygen atoms in total. The van der Waals surface area contributed by atoms with Crippen molar-refractivity contribution in [2.24, 2.45) is 0 Å². The summed E-state index contributed by atoms with van der Waals surface area (Å²) in [4.78, 5) is 15.7. The number of rotatable bonds is 3. The molecular formula is C17H17FN2O2. The number of hydrogen-bond donors (Lipinski definition) is 2. The summed E-state index contributed by atoms with van der Waals surface area (Å²) in [6.07, 6.45) is 4.73. The topological polar surface area (TPSA) is 62.2 Å². The Balaban J connectivity index is 1.75. The minimum absolute atomic E-state index is 0.0966. The number of pyridine rings is 1. The van der Waals surface area contributed by atoms with Gasteiger partial charge < -0.3 is 10.4 Å². The minimum Gasteiger partial charge on any atom is -0.383 e. The van der Waals surface area contributed by atoms with Crippen LogP contribution in [-0.2, 0) is 12.0 Å². The third-order valence-corrected chi connectivity index (χ3v) is 4.06. The van der Waals surface area contributed by atoms with Crippen molar-refractivity contribution in [2.45, 2.75) is 24.9 Å². The summed E-state index contributed by atoms with van der Waals surface area (Å²) in [5.74, 6) is -1.00. The van der Waals surface area contributed by atoms with Crippen molar-refractivity contribution in [3.63, 3.8) is 0 Å². The van der Waals surface area contributed by atoms with E-state index in [2.05, 4.69) is 10.3 Å². The van der Waals surface area contributed by atoms with Gasteiger partial charge in [0.2, 0.25) is 0 Å². The molecule has 1 aliphatic rings. The fourth-order valence-electron chi connectivity index (χ4n) is 2.95. The van der Waals surface area contributed by atoms with Crippen molar-refractivity contribution >= 4 is 5.91 Å². The van der Waals surface area contributed by atoms with E-state index >= 15 is 0 Å². The molecule has 1 aromatic carbocycles. The third-order valence-electron chi connectivity index (χ3n) is 4.06. The van der Waals surface area contributed by atoms with Gasteiger partial charge in [0.25, 0.3) is 5.91 Å². The van der Waals surface area contributed by atoms with Crippen LogP contribution in [0.1, 0.15) is 34.3 Å². The van der Waals surface area contributed by atoms with Crippen LogP contribution in [0, 0.1) is 5.82 Å². The Morgan fingerprint density at radius 3 is 3.00 bits per heavy atom. The minimum atomic E-state index is -1.08. The number of hydrogen-bond acceptors (Lipinski definition) is 3. The van der Waals surface area contributed by atoms with Crippen molar-refractivity contribution < 1.29 is 14.3 Å². The lowest BCUT2D eigenvalue weighted by molar-refractivity contribution is 0.0189. The Morgan fingerprint density at radius 2 is 2.18 bits per heavy atom. The standard InChI is InChI=1S/C17H17FN2O2/c18-14-8-13(9-19-10-14)16(21)20-11-17(22)7-3-5-12-4-1-2-6-15(12)17/h1-2,4,6,8-10,22H,3,5,7,11H2,(H,20,21). The van der Waals surface area contributed by atoms with Crippen molar-refractivity contribution in [1.29, 1.82) is 0 Å². The Kier molecular flexibility index (Phi) is 3.90. The fourth-order valence-corrected chi connectivity index (χ4v) is 2.95. The van der Waals surface area contributed by atoms with Crippen LogP contribution in [0.25, 0.3) is 0 Å². The maximum Gasteiger partial charge on any atom is 0.253 e. The van der Waals surface area contributed by atoms with Gasteiger partial charge in [-0.1, -0.05) is 24.3 Å². The van der Waals surface area contributed by atoms with Gasteiger partial charge in [0.15, 0.2) is 0 Å². The lowest BCUT2D eigenvalue weighted by Crippen LogP contribution is -2.43. The van der Waals surface area contributed by atoms with Gasteiger partial charge in [0, 0.05) is 6.20 Å². The molecule has 5 heteroatoms. The second kappa shape index (κ2) is 5.85. The average Bonchev–Trinajstić information content (AvgIpc) is 2.53. The molecule has 3 rings (SSSR count). The molecule has 1 unspecified atom stereocenters. The first-order valence-electron chi connectivity index (χ1n) is 7.28. The largest absolute Gasteiger partial charge is 0.383 e. The molecule has 0 radical (unpaired) electrons. The Hall–Kier alpha value is -2.27. The van der Waals surface area contributed by atoms with Gasteiger partial charge in [-0.05, 0) is 36.5 Å². The molecule has 1 amide bonds. The first-order chi connectivity index (χ1) is 10.6. The molecule has 0 bridgehead atoms. The zero-order valence-electron chi connectivity index (χ0n) is 12.1. The third kappa shape index (κ3) is 2.85. The van der Waals surface area contributed by atoms with Gasteiger partial charge in [0.1, 0.15) is 11.4 Å². The molecule has 1 heterocycles. The molecular weight excluding hydrogens is 283 g/mol. The Labute approximate surface area is 128 Å². The second-order valence-corrected chi connectivity index (χ2v) is 5.62. The molecule has 0 saturated heterocycles. The van der Waals surface area contributed by atoms with Crippen molar-refractivity contribution in [3.8, 4) is 0 Å². The van der Waals surface area contributed by atoms with E-state index in [0.29, 0.717) is 6.42 Å². The summed E-state index contributed by atoms with van der Waals surface area (Å²) in [5.41, 5.74) is 1.04. The number of halogens is 1. The van der Waals surface area contributed by atoms with Crippen molar-refractivity contribution in [1.82, 2.24) is 10.3 Å². The molecule has 0 spiro atoms.